The number of hydrogen-bond donors (Lipinski definition) is 2. The highest BCUT2D eigenvalue weighted by atomic mass is 16.5. The van der Waals surface area contributed by atoms with Gasteiger partial charge in [0.15, 0.2) is 6.10 Å². The molecule has 3 aromatic rings. The van der Waals surface area contributed by atoms with Crippen molar-refractivity contribution < 1.29 is 19.4 Å². The van der Waals surface area contributed by atoms with Crippen LogP contribution in [0.25, 0.3) is 11.3 Å². The summed E-state index contributed by atoms with van der Waals surface area (Å²) in [7, 11) is 1.72. The number of benzene rings is 1. The summed E-state index contributed by atoms with van der Waals surface area (Å²) in [6.07, 6.45) is 3.22. The highest BCUT2D eigenvalue weighted by molar-refractivity contribution is 5.82. The molecule has 2 fully saturated rings. The number of anilines is 2. The van der Waals surface area contributed by atoms with Gasteiger partial charge in [-0.05, 0) is 12.5 Å². The minimum absolute atomic E-state index is 0.0265. The fraction of sp³-hybridized carbons (Fsp3) is 0.423. The van der Waals surface area contributed by atoms with Gasteiger partial charge in [-0.2, -0.15) is 4.98 Å². The van der Waals surface area contributed by atoms with E-state index in [-0.39, 0.29) is 30.0 Å². The van der Waals surface area contributed by atoms with E-state index in [9.17, 15) is 9.90 Å². The molecule has 11 heteroatoms. The molecule has 3 heterocycles. The van der Waals surface area contributed by atoms with E-state index in [0.717, 1.165) is 0 Å². The van der Waals surface area contributed by atoms with Gasteiger partial charge in [0.2, 0.25) is 17.8 Å². The van der Waals surface area contributed by atoms with Crippen LogP contribution in [0.3, 0.4) is 0 Å². The van der Waals surface area contributed by atoms with E-state index in [2.05, 4.69) is 21.8 Å². The van der Waals surface area contributed by atoms with E-state index >= 15 is 0 Å². The molecular formula is C26H31N7O4. The number of amides is 1. The standard InChI is InChI=1S/C26H31N7O4/c1-16-15-36-9-8-33(16)26-30-21(18-13-28-25(27)29-14-18)12-22(31-26)37-20-10-19(11-20)32(2)24(35)23(34)17-6-4-3-5-7-17/h3-7,12-14,16,19-20,23,34H,8-11,15H2,1-2H3,(H2,27,28,29)/t16-,19?,20?,23+/m0/s1. The average molecular weight is 506 g/mol. The molecule has 194 valence electrons. The molecule has 2 atom stereocenters. The van der Waals surface area contributed by atoms with Crippen LogP contribution in [0, 0.1) is 0 Å². The Morgan fingerprint density at radius 3 is 2.65 bits per heavy atom. The second-order valence-electron chi connectivity index (χ2n) is 9.47. The molecular weight excluding hydrogens is 474 g/mol. The summed E-state index contributed by atoms with van der Waals surface area (Å²) >= 11 is 0. The predicted molar refractivity (Wildman–Crippen MR) is 137 cm³/mol. The fourth-order valence-corrected chi connectivity index (χ4v) is 4.52. The van der Waals surface area contributed by atoms with Crippen LogP contribution < -0.4 is 15.4 Å². The van der Waals surface area contributed by atoms with Crippen molar-refractivity contribution in [3.8, 4) is 17.1 Å². The zero-order chi connectivity index (χ0) is 25.9. The number of likely N-dealkylation sites (N-methyl/N-ethyl adjacent to an activating group) is 1. The lowest BCUT2D eigenvalue weighted by molar-refractivity contribution is -0.144. The molecule has 1 aliphatic carbocycles. The number of nitrogens with two attached hydrogens (primary N) is 1. The Morgan fingerprint density at radius 1 is 1.22 bits per heavy atom. The third-order valence-corrected chi connectivity index (χ3v) is 6.88. The normalized spacial score (nSPS) is 22.1. The lowest BCUT2D eigenvalue weighted by Gasteiger charge is -2.41. The number of nitrogens with zero attached hydrogens (tertiary/aromatic N) is 6. The van der Waals surface area contributed by atoms with Crippen LogP contribution in [-0.4, -0.2) is 80.8 Å². The molecule has 5 rings (SSSR count). The molecule has 11 nitrogen and oxygen atoms in total. The third-order valence-electron chi connectivity index (χ3n) is 6.88. The molecule has 1 saturated heterocycles. The number of morpholine rings is 1. The van der Waals surface area contributed by atoms with Crippen LogP contribution in [0.1, 0.15) is 31.4 Å². The summed E-state index contributed by atoms with van der Waals surface area (Å²) in [6, 6.07) is 10.8. The van der Waals surface area contributed by atoms with Crippen LogP contribution in [-0.2, 0) is 9.53 Å². The number of aliphatic hydroxyl groups is 1. The van der Waals surface area contributed by atoms with Crippen LogP contribution in [0.4, 0.5) is 11.9 Å². The van der Waals surface area contributed by atoms with Crippen molar-refractivity contribution in [3.63, 3.8) is 0 Å². The van der Waals surface area contributed by atoms with E-state index in [0.29, 0.717) is 61.2 Å². The Hall–Kier alpha value is -3.83. The van der Waals surface area contributed by atoms with Crippen molar-refractivity contribution in [3.05, 3.63) is 54.4 Å². The van der Waals surface area contributed by atoms with Crippen LogP contribution in [0.2, 0.25) is 0 Å². The zero-order valence-electron chi connectivity index (χ0n) is 20.9. The second kappa shape index (κ2) is 10.7. The van der Waals surface area contributed by atoms with E-state index in [4.69, 9.17) is 25.2 Å². The Bertz CT molecular complexity index is 1220. The van der Waals surface area contributed by atoms with Crippen LogP contribution in [0.15, 0.2) is 48.8 Å². The van der Waals surface area contributed by atoms with Gasteiger partial charge in [-0.1, -0.05) is 30.3 Å². The van der Waals surface area contributed by atoms with Crippen molar-refractivity contribution in [2.24, 2.45) is 0 Å². The molecule has 1 saturated carbocycles. The summed E-state index contributed by atoms with van der Waals surface area (Å²) in [5.74, 6) is 0.852. The molecule has 0 unspecified atom stereocenters. The lowest BCUT2D eigenvalue weighted by Crippen LogP contribution is -2.51. The monoisotopic (exact) mass is 505 g/mol. The molecule has 0 spiro atoms. The Labute approximate surface area is 215 Å². The summed E-state index contributed by atoms with van der Waals surface area (Å²) in [4.78, 5) is 34.1. The number of aromatic nitrogens is 4. The van der Waals surface area contributed by atoms with Crippen molar-refractivity contribution in [2.45, 2.75) is 44.1 Å². The van der Waals surface area contributed by atoms with Crippen molar-refractivity contribution in [1.29, 1.82) is 0 Å². The van der Waals surface area contributed by atoms with Gasteiger partial charge in [0.1, 0.15) is 6.10 Å². The predicted octanol–water partition coefficient (Wildman–Crippen LogP) is 1.84. The van der Waals surface area contributed by atoms with Gasteiger partial charge in [0.25, 0.3) is 5.91 Å². The smallest absolute Gasteiger partial charge is 0.256 e. The number of carbonyl (C=O) groups excluding carboxylic acids is 1. The molecule has 2 aliphatic rings. The SMILES string of the molecule is C[C@H]1COCCN1c1nc(OC2CC(N(C)C(=O)[C@H](O)c3ccccc3)C2)cc(-c2cnc(N)nc2)n1. The number of carbonyl (C=O) groups is 1. The Kier molecular flexibility index (Phi) is 7.15. The lowest BCUT2D eigenvalue weighted by atomic mass is 9.87. The first-order valence-corrected chi connectivity index (χ1v) is 12.4. The maximum Gasteiger partial charge on any atom is 0.256 e. The topological polar surface area (TPSA) is 140 Å². The average Bonchev–Trinajstić information content (AvgIpc) is 2.90. The van der Waals surface area contributed by atoms with E-state index in [1.807, 2.05) is 6.07 Å². The molecule has 1 amide bonds. The maximum atomic E-state index is 12.8. The van der Waals surface area contributed by atoms with Crippen molar-refractivity contribution in [2.75, 3.05) is 37.4 Å². The minimum atomic E-state index is -1.18. The van der Waals surface area contributed by atoms with Gasteiger partial charge >= 0.3 is 0 Å². The van der Waals surface area contributed by atoms with Gasteiger partial charge in [-0.3, -0.25) is 4.79 Å². The quantitative estimate of drug-likeness (QED) is 0.489. The first-order valence-electron chi connectivity index (χ1n) is 12.4. The van der Waals surface area contributed by atoms with Gasteiger partial charge in [-0.15, -0.1) is 0 Å². The van der Waals surface area contributed by atoms with E-state index in [1.54, 1.807) is 54.7 Å². The summed E-state index contributed by atoms with van der Waals surface area (Å²) in [5, 5.41) is 10.5. The second-order valence-corrected chi connectivity index (χ2v) is 9.47. The largest absolute Gasteiger partial charge is 0.474 e. The Morgan fingerprint density at radius 2 is 1.95 bits per heavy atom. The zero-order valence-corrected chi connectivity index (χ0v) is 20.9. The number of rotatable bonds is 7. The minimum Gasteiger partial charge on any atom is -0.474 e. The first-order chi connectivity index (χ1) is 17.9. The Balaban J connectivity index is 1.29. The van der Waals surface area contributed by atoms with E-state index < -0.39 is 6.10 Å². The molecule has 1 aromatic carbocycles. The van der Waals surface area contributed by atoms with Gasteiger partial charge in [-0.25, -0.2) is 15.0 Å². The summed E-state index contributed by atoms with van der Waals surface area (Å²) in [6.45, 7) is 3.92. The molecule has 0 bridgehead atoms. The van der Waals surface area contributed by atoms with Crippen molar-refractivity contribution >= 4 is 17.8 Å². The van der Waals surface area contributed by atoms with Crippen LogP contribution >= 0.6 is 0 Å². The highest BCUT2D eigenvalue weighted by Crippen LogP contribution is 2.32. The number of ether oxygens (including phenoxy) is 2. The summed E-state index contributed by atoms with van der Waals surface area (Å²) < 4.78 is 11.8. The van der Waals surface area contributed by atoms with Gasteiger partial charge < -0.3 is 30.1 Å². The molecule has 2 aromatic heterocycles. The van der Waals surface area contributed by atoms with Crippen LogP contribution in [0.5, 0.6) is 5.88 Å². The maximum absolute atomic E-state index is 12.8. The molecule has 3 N–H and O–H groups in total. The van der Waals surface area contributed by atoms with Crippen molar-refractivity contribution in [1.82, 2.24) is 24.8 Å². The number of aliphatic hydroxyl groups excluding tert-OH is 1. The highest BCUT2D eigenvalue weighted by Gasteiger charge is 2.38. The molecule has 1 aliphatic heterocycles. The molecule has 37 heavy (non-hydrogen) atoms. The summed E-state index contributed by atoms with van der Waals surface area (Å²) in [5.41, 5.74) is 7.57. The fourth-order valence-electron chi connectivity index (χ4n) is 4.52. The first kappa shape index (κ1) is 24.8. The third kappa shape index (κ3) is 5.47. The molecule has 0 radical (unpaired) electrons. The van der Waals surface area contributed by atoms with Gasteiger partial charge in [0.05, 0.1) is 24.9 Å². The number of hydrogen-bond acceptors (Lipinski definition) is 10. The van der Waals surface area contributed by atoms with E-state index in [1.165, 1.54) is 0 Å². The number of nitrogen functional groups attached to an aromatic ring is 1. The van der Waals surface area contributed by atoms with Gasteiger partial charge in [0, 0.05) is 56.5 Å².